The molecule has 0 spiro atoms. The van der Waals surface area contributed by atoms with Gasteiger partial charge in [0, 0.05) is 0 Å². The number of aromatic nitrogens is 2. The standard InChI is InChI=1S/C5H2BrClF2N2/c6-4-2(7)3(5(8)9)10-1-11-4/h1,5H. The van der Waals surface area contributed by atoms with Gasteiger partial charge in [-0.1, -0.05) is 11.6 Å². The second-order valence-electron chi connectivity index (χ2n) is 1.66. The van der Waals surface area contributed by atoms with E-state index < -0.39 is 12.1 Å². The molecule has 0 unspecified atom stereocenters. The lowest BCUT2D eigenvalue weighted by Crippen LogP contribution is -1.93. The molecule has 0 radical (unpaired) electrons. The maximum Gasteiger partial charge on any atom is 0.282 e. The molecule has 0 saturated heterocycles. The van der Waals surface area contributed by atoms with Gasteiger partial charge in [-0.15, -0.1) is 0 Å². The summed E-state index contributed by atoms with van der Waals surface area (Å²) in [7, 11) is 0. The first-order valence-electron chi connectivity index (χ1n) is 2.57. The van der Waals surface area contributed by atoms with Crippen molar-refractivity contribution < 1.29 is 8.78 Å². The third-order valence-electron chi connectivity index (χ3n) is 0.981. The largest absolute Gasteiger partial charge is 0.282 e. The fourth-order valence-corrected chi connectivity index (χ4v) is 0.988. The highest BCUT2D eigenvalue weighted by Gasteiger charge is 2.15. The topological polar surface area (TPSA) is 25.8 Å². The fraction of sp³-hybridized carbons (Fsp3) is 0.200. The van der Waals surface area contributed by atoms with Crippen LogP contribution in [0.1, 0.15) is 12.1 Å². The number of rotatable bonds is 1. The van der Waals surface area contributed by atoms with Gasteiger partial charge < -0.3 is 0 Å². The van der Waals surface area contributed by atoms with E-state index in [2.05, 4.69) is 25.9 Å². The molecule has 0 saturated carbocycles. The van der Waals surface area contributed by atoms with Gasteiger partial charge in [-0.05, 0) is 15.9 Å². The molecular formula is C5H2BrClF2N2. The van der Waals surface area contributed by atoms with Crippen LogP contribution in [-0.2, 0) is 0 Å². The molecule has 0 aliphatic rings. The Bertz CT molecular complexity index is 269. The summed E-state index contributed by atoms with van der Waals surface area (Å²) >= 11 is 8.33. The molecule has 11 heavy (non-hydrogen) atoms. The van der Waals surface area contributed by atoms with Crippen LogP contribution >= 0.6 is 27.5 Å². The van der Waals surface area contributed by atoms with E-state index in [4.69, 9.17) is 11.6 Å². The van der Waals surface area contributed by atoms with Crippen LogP contribution in [0.25, 0.3) is 0 Å². The summed E-state index contributed by atoms with van der Waals surface area (Å²) in [5.41, 5.74) is -0.450. The number of alkyl halides is 2. The van der Waals surface area contributed by atoms with Gasteiger partial charge >= 0.3 is 0 Å². The Morgan fingerprint density at radius 3 is 2.55 bits per heavy atom. The molecule has 1 rings (SSSR count). The Balaban J connectivity index is 3.17. The number of hydrogen-bond donors (Lipinski definition) is 0. The van der Waals surface area contributed by atoms with Crippen molar-refractivity contribution in [2.45, 2.75) is 6.43 Å². The summed E-state index contributed by atoms with van der Waals surface area (Å²) in [4.78, 5) is 6.88. The van der Waals surface area contributed by atoms with Crippen molar-refractivity contribution in [3.05, 3.63) is 21.6 Å². The monoisotopic (exact) mass is 242 g/mol. The summed E-state index contributed by atoms with van der Waals surface area (Å²) in [5, 5.41) is -0.137. The maximum absolute atomic E-state index is 12.0. The lowest BCUT2D eigenvalue weighted by Gasteiger charge is -2.00. The van der Waals surface area contributed by atoms with Crippen LogP contribution in [0.4, 0.5) is 8.78 Å². The van der Waals surface area contributed by atoms with Gasteiger partial charge in [-0.3, -0.25) is 0 Å². The molecule has 0 aliphatic carbocycles. The van der Waals surface area contributed by atoms with Crippen molar-refractivity contribution in [1.29, 1.82) is 0 Å². The zero-order chi connectivity index (χ0) is 8.43. The second-order valence-corrected chi connectivity index (χ2v) is 2.79. The highest BCUT2D eigenvalue weighted by Crippen LogP contribution is 2.28. The molecule has 1 heterocycles. The van der Waals surface area contributed by atoms with E-state index in [-0.39, 0.29) is 9.63 Å². The first-order valence-corrected chi connectivity index (χ1v) is 3.74. The molecule has 0 amide bonds. The molecule has 0 aliphatic heterocycles. The minimum absolute atomic E-state index is 0.137. The Labute approximate surface area is 74.7 Å². The maximum atomic E-state index is 12.0. The van der Waals surface area contributed by atoms with Gasteiger partial charge in [0.25, 0.3) is 6.43 Å². The number of halogens is 4. The lowest BCUT2D eigenvalue weighted by molar-refractivity contribution is 0.146. The molecule has 0 atom stereocenters. The Hall–Kier alpha value is -0.290. The molecule has 0 fully saturated rings. The minimum atomic E-state index is -2.67. The zero-order valence-corrected chi connectivity index (χ0v) is 7.40. The van der Waals surface area contributed by atoms with E-state index in [1.807, 2.05) is 0 Å². The predicted octanol–water partition coefficient (Wildman–Crippen LogP) is 2.83. The van der Waals surface area contributed by atoms with E-state index in [9.17, 15) is 8.78 Å². The van der Waals surface area contributed by atoms with Crippen LogP contribution in [-0.4, -0.2) is 9.97 Å². The highest BCUT2D eigenvalue weighted by atomic mass is 79.9. The van der Waals surface area contributed by atoms with Gasteiger partial charge in [0.15, 0.2) is 0 Å². The van der Waals surface area contributed by atoms with Crippen molar-refractivity contribution in [2.75, 3.05) is 0 Å². The molecule has 2 nitrogen and oxygen atoms in total. The first kappa shape index (κ1) is 8.80. The van der Waals surface area contributed by atoms with Crippen LogP contribution in [0.5, 0.6) is 0 Å². The summed E-state index contributed by atoms with van der Waals surface area (Å²) in [6.07, 6.45) is -1.64. The first-order chi connectivity index (χ1) is 5.13. The summed E-state index contributed by atoms with van der Waals surface area (Å²) in [6.45, 7) is 0. The van der Waals surface area contributed by atoms with Gasteiger partial charge in [0.2, 0.25) is 0 Å². The summed E-state index contributed by atoms with van der Waals surface area (Å²) < 4.78 is 24.2. The normalized spacial score (nSPS) is 10.6. The van der Waals surface area contributed by atoms with Crippen LogP contribution in [0.2, 0.25) is 5.02 Å². The molecule has 0 N–H and O–H groups in total. The molecule has 1 aromatic heterocycles. The van der Waals surface area contributed by atoms with Crippen molar-refractivity contribution in [1.82, 2.24) is 9.97 Å². The summed E-state index contributed by atoms with van der Waals surface area (Å²) in [5.74, 6) is 0. The van der Waals surface area contributed by atoms with E-state index >= 15 is 0 Å². The molecule has 1 aromatic rings. The SMILES string of the molecule is FC(F)c1ncnc(Br)c1Cl. The van der Waals surface area contributed by atoms with Crippen molar-refractivity contribution in [2.24, 2.45) is 0 Å². The number of hydrogen-bond acceptors (Lipinski definition) is 2. The molecular weight excluding hydrogens is 241 g/mol. The van der Waals surface area contributed by atoms with Crippen LogP contribution in [0, 0.1) is 0 Å². The Kier molecular flexibility index (Phi) is 2.72. The van der Waals surface area contributed by atoms with Gasteiger partial charge in [0.05, 0.1) is 0 Å². The third kappa shape index (κ3) is 1.84. The Morgan fingerprint density at radius 1 is 1.45 bits per heavy atom. The van der Waals surface area contributed by atoms with Gasteiger partial charge in [-0.25, -0.2) is 18.7 Å². The lowest BCUT2D eigenvalue weighted by atomic mass is 10.4. The third-order valence-corrected chi connectivity index (χ3v) is 2.18. The van der Waals surface area contributed by atoms with Crippen molar-refractivity contribution in [3.8, 4) is 0 Å². The van der Waals surface area contributed by atoms with E-state index in [0.29, 0.717) is 0 Å². The van der Waals surface area contributed by atoms with Crippen molar-refractivity contribution >= 4 is 27.5 Å². The molecule has 6 heteroatoms. The quantitative estimate of drug-likeness (QED) is 0.709. The Morgan fingerprint density at radius 2 is 2.09 bits per heavy atom. The van der Waals surface area contributed by atoms with Gasteiger partial charge in [-0.2, -0.15) is 0 Å². The van der Waals surface area contributed by atoms with Gasteiger partial charge in [0.1, 0.15) is 21.6 Å². The van der Waals surface area contributed by atoms with E-state index in [0.717, 1.165) is 6.33 Å². The van der Waals surface area contributed by atoms with E-state index in [1.165, 1.54) is 0 Å². The fourth-order valence-electron chi connectivity index (χ4n) is 0.513. The average Bonchev–Trinajstić information content (AvgIpc) is 1.94. The summed E-state index contributed by atoms with van der Waals surface area (Å²) in [6, 6.07) is 0. The van der Waals surface area contributed by atoms with Crippen LogP contribution in [0.15, 0.2) is 10.9 Å². The van der Waals surface area contributed by atoms with E-state index in [1.54, 1.807) is 0 Å². The smallest absolute Gasteiger partial charge is 0.234 e. The minimum Gasteiger partial charge on any atom is -0.234 e. The number of nitrogens with zero attached hydrogens (tertiary/aromatic N) is 2. The zero-order valence-electron chi connectivity index (χ0n) is 5.06. The van der Waals surface area contributed by atoms with Crippen LogP contribution < -0.4 is 0 Å². The van der Waals surface area contributed by atoms with Crippen LogP contribution in [0.3, 0.4) is 0 Å². The molecule has 0 bridgehead atoms. The van der Waals surface area contributed by atoms with Crippen molar-refractivity contribution in [3.63, 3.8) is 0 Å². The second kappa shape index (κ2) is 3.40. The highest BCUT2D eigenvalue weighted by molar-refractivity contribution is 9.10. The molecule has 60 valence electrons. The molecule has 0 aromatic carbocycles. The average molecular weight is 243 g/mol. The predicted molar refractivity (Wildman–Crippen MR) is 39.7 cm³/mol.